The molecule has 2 aromatic rings. The molecule has 0 bridgehead atoms. The lowest BCUT2D eigenvalue weighted by atomic mass is 10.0. The first-order valence-corrected chi connectivity index (χ1v) is 6.16. The number of nitrogens with zero attached hydrogens (tertiary/aromatic N) is 1. The van der Waals surface area contributed by atoms with Crippen molar-refractivity contribution < 1.29 is 19.9 Å². The van der Waals surface area contributed by atoms with Crippen LogP contribution >= 0.6 is 0 Å². The molecule has 6 nitrogen and oxygen atoms in total. The minimum Gasteiger partial charge on any atom is -0.394 e. The second-order valence-corrected chi connectivity index (χ2v) is 3.92. The molecule has 2 aromatic carbocycles. The average molecular weight is 289 g/mol. The van der Waals surface area contributed by atoms with Crippen LogP contribution in [0.15, 0.2) is 54.6 Å². The molecule has 2 N–H and O–H groups in total. The smallest absolute Gasteiger partial charge is 0.280 e. The van der Waals surface area contributed by atoms with Crippen LogP contribution in [0.4, 0.5) is 5.69 Å². The number of benzene rings is 2. The van der Waals surface area contributed by atoms with Gasteiger partial charge >= 0.3 is 0 Å². The predicted octanol–water partition coefficient (Wildman–Crippen LogP) is 1.80. The lowest BCUT2D eigenvalue weighted by Gasteiger charge is -2.01. The Morgan fingerprint density at radius 1 is 0.952 bits per heavy atom. The third kappa shape index (κ3) is 4.79. The Kier molecular flexibility index (Phi) is 6.73. The monoisotopic (exact) mass is 289 g/mol. The molecule has 0 saturated heterocycles. The summed E-state index contributed by atoms with van der Waals surface area (Å²) in [6, 6.07) is 14.5. The maximum atomic E-state index is 12.1. The van der Waals surface area contributed by atoms with E-state index in [2.05, 4.69) is 0 Å². The molecule has 0 radical (unpaired) electrons. The van der Waals surface area contributed by atoms with Crippen LogP contribution in [0.1, 0.15) is 15.9 Å². The van der Waals surface area contributed by atoms with Gasteiger partial charge in [0.25, 0.3) is 5.69 Å². The molecule has 0 saturated carbocycles. The minimum absolute atomic E-state index is 0.115. The number of carbonyl (C=O) groups excluding carboxylic acids is 1. The zero-order valence-electron chi connectivity index (χ0n) is 11.2. The summed E-state index contributed by atoms with van der Waals surface area (Å²) in [5, 5.41) is 26.1. The quantitative estimate of drug-likeness (QED) is 0.507. The van der Waals surface area contributed by atoms with Gasteiger partial charge in [-0.1, -0.05) is 42.5 Å². The molecule has 6 heteroatoms. The van der Waals surface area contributed by atoms with E-state index in [1.54, 1.807) is 42.5 Å². The summed E-state index contributed by atoms with van der Waals surface area (Å²) in [6.07, 6.45) is 0. The molecular weight excluding hydrogens is 274 g/mol. The molecule has 0 aliphatic carbocycles. The Bertz CT molecular complexity index is 596. The highest BCUT2D eigenvalue weighted by Crippen LogP contribution is 2.20. The lowest BCUT2D eigenvalue weighted by Crippen LogP contribution is -2.04. The van der Waals surface area contributed by atoms with E-state index >= 15 is 0 Å². The van der Waals surface area contributed by atoms with Gasteiger partial charge in [0.05, 0.1) is 18.1 Å². The Balaban J connectivity index is 0.000000491. The van der Waals surface area contributed by atoms with Crippen molar-refractivity contribution in [1.82, 2.24) is 0 Å². The van der Waals surface area contributed by atoms with Crippen LogP contribution in [-0.2, 0) is 0 Å². The summed E-state index contributed by atoms with van der Waals surface area (Å²) in [5.74, 6) is -0.335. The highest BCUT2D eigenvalue weighted by molar-refractivity contribution is 6.11. The van der Waals surface area contributed by atoms with Crippen molar-refractivity contribution in [3.63, 3.8) is 0 Å². The summed E-state index contributed by atoms with van der Waals surface area (Å²) >= 11 is 0. The van der Waals surface area contributed by atoms with Crippen molar-refractivity contribution in [3.05, 3.63) is 75.8 Å². The van der Waals surface area contributed by atoms with Gasteiger partial charge in [0.1, 0.15) is 5.56 Å². The molecule has 110 valence electrons. The fraction of sp³-hybridized carbons (Fsp3) is 0.133. The number of carbonyl (C=O) groups is 1. The summed E-state index contributed by atoms with van der Waals surface area (Å²) in [5.41, 5.74) is 0.395. The van der Waals surface area contributed by atoms with Crippen LogP contribution in [0.5, 0.6) is 0 Å². The summed E-state index contributed by atoms with van der Waals surface area (Å²) < 4.78 is 0. The first-order chi connectivity index (χ1) is 10.1. The largest absolute Gasteiger partial charge is 0.394 e. The van der Waals surface area contributed by atoms with Crippen molar-refractivity contribution in [2.75, 3.05) is 13.2 Å². The molecule has 21 heavy (non-hydrogen) atoms. The molecule has 0 aliphatic heterocycles. The molecule has 0 spiro atoms. The number of hydrogen-bond acceptors (Lipinski definition) is 5. The van der Waals surface area contributed by atoms with Crippen LogP contribution in [0.2, 0.25) is 0 Å². The second kappa shape index (κ2) is 8.57. The van der Waals surface area contributed by atoms with Gasteiger partial charge in [-0.2, -0.15) is 0 Å². The standard InChI is InChI=1S/C13H9NO3.C2H6O2/c15-13(10-6-2-1-3-7-10)11-8-4-5-9-12(11)14(16)17;3-1-2-4/h1-9H;3-4H,1-2H2. The average Bonchev–Trinajstić information content (AvgIpc) is 2.55. The summed E-state index contributed by atoms with van der Waals surface area (Å²) in [4.78, 5) is 22.3. The SMILES string of the molecule is O=C(c1ccccc1)c1ccccc1[N+](=O)[O-].OCCO. The van der Waals surface area contributed by atoms with Gasteiger partial charge in [0.15, 0.2) is 5.78 Å². The van der Waals surface area contributed by atoms with E-state index in [1.807, 2.05) is 0 Å². The number of aliphatic hydroxyl groups excluding tert-OH is 2. The van der Waals surface area contributed by atoms with Crippen LogP contribution in [0.25, 0.3) is 0 Å². The fourth-order valence-corrected chi connectivity index (χ4v) is 1.57. The molecule has 0 atom stereocenters. The molecule has 0 fully saturated rings. The van der Waals surface area contributed by atoms with Gasteiger partial charge in [-0.25, -0.2) is 0 Å². The molecule has 0 unspecified atom stereocenters. The van der Waals surface area contributed by atoms with E-state index in [9.17, 15) is 14.9 Å². The van der Waals surface area contributed by atoms with Gasteiger partial charge in [-0.3, -0.25) is 14.9 Å². The van der Waals surface area contributed by atoms with Gasteiger partial charge in [-0.15, -0.1) is 0 Å². The summed E-state index contributed by atoms with van der Waals surface area (Å²) in [6.45, 7) is -0.250. The molecular formula is C15H15NO5. The number of aliphatic hydroxyl groups is 2. The maximum absolute atomic E-state index is 12.1. The fourth-order valence-electron chi connectivity index (χ4n) is 1.57. The Morgan fingerprint density at radius 3 is 2.00 bits per heavy atom. The molecule has 2 rings (SSSR count). The van der Waals surface area contributed by atoms with Gasteiger partial charge in [0, 0.05) is 11.6 Å². The maximum Gasteiger partial charge on any atom is 0.280 e. The molecule has 0 aromatic heterocycles. The second-order valence-electron chi connectivity index (χ2n) is 3.92. The van der Waals surface area contributed by atoms with E-state index in [0.29, 0.717) is 5.56 Å². The predicted molar refractivity (Wildman–Crippen MR) is 77.1 cm³/mol. The number of nitro groups is 1. The van der Waals surface area contributed by atoms with Crippen LogP contribution in [0.3, 0.4) is 0 Å². The lowest BCUT2D eigenvalue weighted by molar-refractivity contribution is -0.385. The number of hydrogen-bond donors (Lipinski definition) is 2. The van der Waals surface area contributed by atoms with E-state index in [-0.39, 0.29) is 30.2 Å². The van der Waals surface area contributed by atoms with Gasteiger partial charge in [0.2, 0.25) is 0 Å². The number of nitro benzene ring substituents is 1. The zero-order valence-corrected chi connectivity index (χ0v) is 11.2. The summed E-state index contributed by atoms with van der Waals surface area (Å²) in [7, 11) is 0. The third-order valence-corrected chi connectivity index (χ3v) is 2.48. The normalized spacial score (nSPS) is 9.43. The van der Waals surface area contributed by atoms with Crippen molar-refractivity contribution in [1.29, 1.82) is 0 Å². The molecule has 0 heterocycles. The van der Waals surface area contributed by atoms with E-state index in [0.717, 1.165) is 0 Å². The zero-order chi connectivity index (χ0) is 15.7. The first-order valence-electron chi connectivity index (χ1n) is 6.16. The number of ketones is 1. The minimum atomic E-state index is -0.545. The number of rotatable bonds is 4. The topological polar surface area (TPSA) is 101 Å². The van der Waals surface area contributed by atoms with Crippen molar-refractivity contribution >= 4 is 11.5 Å². The van der Waals surface area contributed by atoms with Crippen LogP contribution in [0, 0.1) is 10.1 Å². The van der Waals surface area contributed by atoms with E-state index in [4.69, 9.17) is 10.2 Å². The van der Waals surface area contributed by atoms with Crippen molar-refractivity contribution in [2.45, 2.75) is 0 Å². The van der Waals surface area contributed by atoms with Gasteiger partial charge < -0.3 is 10.2 Å². The van der Waals surface area contributed by atoms with Gasteiger partial charge in [-0.05, 0) is 6.07 Å². The Morgan fingerprint density at radius 2 is 1.48 bits per heavy atom. The number of para-hydroxylation sites is 1. The van der Waals surface area contributed by atoms with Crippen LogP contribution < -0.4 is 0 Å². The van der Waals surface area contributed by atoms with Crippen molar-refractivity contribution in [2.24, 2.45) is 0 Å². The highest BCUT2D eigenvalue weighted by Gasteiger charge is 2.19. The molecule has 0 amide bonds. The Labute approximate surface area is 121 Å². The Hall–Kier alpha value is -2.57. The highest BCUT2D eigenvalue weighted by atomic mass is 16.6. The van der Waals surface area contributed by atoms with Crippen LogP contribution in [-0.4, -0.2) is 34.1 Å². The first kappa shape index (κ1) is 16.5. The molecule has 0 aliphatic rings. The third-order valence-electron chi connectivity index (χ3n) is 2.48. The van der Waals surface area contributed by atoms with E-state index < -0.39 is 4.92 Å². The van der Waals surface area contributed by atoms with Crippen molar-refractivity contribution in [3.8, 4) is 0 Å². The van der Waals surface area contributed by atoms with E-state index in [1.165, 1.54) is 12.1 Å².